The minimum absolute atomic E-state index is 0.187. The first-order chi connectivity index (χ1) is 23.2. The zero-order valence-corrected chi connectivity index (χ0v) is 27.1. The molecular weight excluding hydrogens is 606 g/mol. The second-order valence-corrected chi connectivity index (χ2v) is 12.3. The molecule has 4 N–H and O–H groups in total. The Labute approximate surface area is 279 Å². The van der Waals surface area contributed by atoms with Crippen LogP contribution in [0.1, 0.15) is 24.2 Å². The summed E-state index contributed by atoms with van der Waals surface area (Å²) in [6, 6.07) is 30.7. The van der Waals surface area contributed by atoms with E-state index in [1.807, 2.05) is 91.9 Å². The average molecular weight is 646 g/mol. The van der Waals surface area contributed by atoms with Gasteiger partial charge in [0, 0.05) is 36.0 Å². The summed E-state index contributed by atoms with van der Waals surface area (Å²) >= 11 is 0. The van der Waals surface area contributed by atoms with Crippen LogP contribution in [0.4, 0.5) is 26.7 Å². The van der Waals surface area contributed by atoms with E-state index in [2.05, 4.69) is 16.0 Å². The van der Waals surface area contributed by atoms with Gasteiger partial charge in [0.15, 0.2) is 0 Å². The number of aliphatic hydroxyl groups excluding tert-OH is 1. The molecule has 5 aromatic carbocycles. The molecule has 0 aromatic heterocycles. The number of rotatable bonds is 7. The van der Waals surface area contributed by atoms with Gasteiger partial charge in [-0.1, -0.05) is 79.7 Å². The van der Waals surface area contributed by atoms with Crippen LogP contribution in [0, 0.1) is 5.92 Å². The molecule has 0 aliphatic carbocycles. The number of nitrogens with zero attached hydrogens (tertiary/aromatic N) is 2. The lowest BCUT2D eigenvalue weighted by Crippen LogP contribution is -2.50. The summed E-state index contributed by atoms with van der Waals surface area (Å²) in [6.45, 7) is 4.05. The van der Waals surface area contributed by atoms with E-state index in [4.69, 9.17) is 4.74 Å². The minimum Gasteiger partial charge on any atom is -0.487 e. The van der Waals surface area contributed by atoms with Crippen LogP contribution in [-0.4, -0.2) is 71.8 Å². The van der Waals surface area contributed by atoms with Crippen molar-refractivity contribution in [1.29, 1.82) is 0 Å². The minimum atomic E-state index is -0.484. The van der Waals surface area contributed by atoms with E-state index in [9.17, 15) is 19.5 Å². The molecule has 246 valence electrons. The lowest BCUT2D eigenvalue weighted by Gasteiger charge is -2.38. The van der Waals surface area contributed by atoms with Crippen LogP contribution in [-0.2, 0) is 0 Å². The van der Waals surface area contributed by atoms with Crippen molar-refractivity contribution in [2.75, 3.05) is 42.7 Å². The zero-order chi connectivity index (χ0) is 33.8. The van der Waals surface area contributed by atoms with Crippen molar-refractivity contribution in [2.45, 2.75) is 26.0 Å². The first kappa shape index (κ1) is 32.3. The van der Waals surface area contributed by atoms with Crippen LogP contribution in [0.2, 0.25) is 0 Å². The van der Waals surface area contributed by atoms with E-state index < -0.39 is 18.2 Å². The third kappa shape index (κ3) is 6.89. The van der Waals surface area contributed by atoms with E-state index in [1.165, 1.54) is 0 Å². The summed E-state index contributed by atoms with van der Waals surface area (Å²) in [4.78, 5) is 43.5. The number of anilines is 3. The molecule has 1 aliphatic heterocycles. The van der Waals surface area contributed by atoms with Gasteiger partial charge in [0.05, 0.1) is 36.1 Å². The predicted octanol–water partition coefficient (Wildman–Crippen LogP) is 7.02. The SMILES string of the molecule is C[C@H]1CN([C@@H](C)CO)C(=O)c2cc(NC(=O)Nc3cccc4ccccc34)ccc2O[C@H]1CN(C)C(=O)Nc1cccc2ccccc12. The molecule has 1 heterocycles. The van der Waals surface area contributed by atoms with Gasteiger partial charge in [-0.2, -0.15) is 0 Å². The van der Waals surface area contributed by atoms with Crippen molar-refractivity contribution in [3.05, 3.63) is 109 Å². The molecule has 10 nitrogen and oxygen atoms in total. The van der Waals surface area contributed by atoms with Gasteiger partial charge in [-0.25, -0.2) is 9.59 Å². The van der Waals surface area contributed by atoms with Gasteiger partial charge in [0.2, 0.25) is 0 Å². The van der Waals surface area contributed by atoms with Crippen molar-refractivity contribution in [3.63, 3.8) is 0 Å². The Bertz CT molecular complexity index is 1970. The van der Waals surface area contributed by atoms with Gasteiger partial charge in [-0.05, 0) is 48.0 Å². The number of likely N-dealkylation sites (N-methyl/N-ethyl adjacent to an activating group) is 1. The Morgan fingerprint density at radius 2 is 1.48 bits per heavy atom. The van der Waals surface area contributed by atoms with Crippen molar-refractivity contribution in [3.8, 4) is 5.75 Å². The molecule has 0 radical (unpaired) electrons. The quantitative estimate of drug-likeness (QED) is 0.152. The number of hydrogen-bond donors (Lipinski definition) is 4. The fourth-order valence-corrected chi connectivity index (χ4v) is 6.04. The van der Waals surface area contributed by atoms with Crippen LogP contribution in [0.5, 0.6) is 5.75 Å². The molecule has 0 bridgehead atoms. The highest BCUT2D eigenvalue weighted by molar-refractivity contribution is 6.07. The van der Waals surface area contributed by atoms with Crippen LogP contribution in [0.3, 0.4) is 0 Å². The first-order valence-corrected chi connectivity index (χ1v) is 16.0. The summed E-state index contributed by atoms with van der Waals surface area (Å²) in [7, 11) is 1.71. The lowest BCUT2D eigenvalue weighted by molar-refractivity contribution is 0.0371. The van der Waals surface area contributed by atoms with Crippen LogP contribution in [0.25, 0.3) is 21.5 Å². The van der Waals surface area contributed by atoms with E-state index in [0.717, 1.165) is 21.5 Å². The van der Waals surface area contributed by atoms with Gasteiger partial charge in [0.1, 0.15) is 11.9 Å². The number of ether oxygens (including phenoxy) is 1. The largest absolute Gasteiger partial charge is 0.487 e. The van der Waals surface area contributed by atoms with Crippen molar-refractivity contribution in [1.82, 2.24) is 9.80 Å². The second kappa shape index (κ2) is 14.0. The molecule has 3 atom stereocenters. The van der Waals surface area contributed by atoms with Crippen LogP contribution in [0.15, 0.2) is 103 Å². The van der Waals surface area contributed by atoms with Crippen molar-refractivity contribution in [2.24, 2.45) is 5.92 Å². The Balaban J connectivity index is 1.22. The average Bonchev–Trinajstić information content (AvgIpc) is 3.10. The van der Waals surface area contributed by atoms with Crippen molar-refractivity contribution >= 4 is 56.6 Å². The fraction of sp³-hybridized carbons (Fsp3) is 0.237. The summed E-state index contributed by atoms with van der Waals surface area (Å²) < 4.78 is 6.47. The van der Waals surface area contributed by atoms with Gasteiger partial charge in [-0.3, -0.25) is 4.79 Å². The maximum atomic E-state index is 13.9. The monoisotopic (exact) mass is 645 g/mol. The standard InChI is InChI=1S/C38H39N5O5/c1-24-21-43(25(2)23-44)36(45)31-20-28(39-37(46)40-32-16-8-12-26-10-4-6-14-29(26)32)18-19-34(31)48-35(24)22-42(3)38(47)41-33-17-9-13-27-11-5-7-15-30(27)33/h4-20,24-25,35,44H,21-23H2,1-3H3,(H,41,47)(H2,39,40,46)/t24-,25-,35-/m0/s1. The Hall–Kier alpha value is -5.61. The van der Waals surface area contributed by atoms with Gasteiger partial charge < -0.3 is 35.6 Å². The predicted molar refractivity (Wildman–Crippen MR) is 190 cm³/mol. The molecule has 6 rings (SSSR count). The smallest absolute Gasteiger partial charge is 0.323 e. The second-order valence-electron chi connectivity index (χ2n) is 12.3. The summed E-state index contributed by atoms with van der Waals surface area (Å²) in [5.74, 6) is -0.181. The summed E-state index contributed by atoms with van der Waals surface area (Å²) in [5, 5.41) is 22.7. The summed E-state index contributed by atoms with van der Waals surface area (Å²) in [6.07, 6.45) is -0.484. The molecule has 5 amide bonds. The van der Waals surface area contributed by atoms with Crippen molar-refractivity contribution < 1.29 is 24.2 Å². The number of benzene rings is 5. The maximum absolute atomic E-state index is 13.9. The van der Waals surface area contributed by atoms with Gasteiger partial charge in [0.25, 0.3) is 5.91 Å². The topological polar surface area (TPSA) is 123 Å². The van der Waals surface area contributed by atoms with E-state index in [0.29, 0.717) is 29.4 Å². The molecule has 1 aliphatic rings. The van der Waals surface area contributed by atoms with Gasteiger partial charge >= 0.3 is 12.1 Å². The number of hydrogen-bond acceptors (Lipinski definition) is 5. The Morgan fingerprint density at radius 1 is 0.875 bits per heavy atom. The van der Waals surface area contributed by atoms with Gasteiger partial charge in [-0.15, -0.1) is 0 Å². The highest BCUT2D eigenvalue weighted by Gasteiger charge is 2.34. The third-order valence-corrected chi connectivity index (χ3v) is 8.79. The number of carbonyl (C=O) groups is 3. The highest BCUT2D eigenvalue weighted by atomic mass is 16.5. The molecule has 0 fully saturated rings. The fourth-order valence-electron chi connectivity index (χ4n) is 6.04. The number of carbonyl (C=O) groups excluding carboxylic acids is 3. The molecule has 5 aromatic rings. The number of fused-ring (bicyclic) bond motifs is 3. The third-order valence-electron chi connectivity index (χ3n) is 8.79. The Kier molecular flexibility index (Phi) is 9.45. The molecule has 10 heteroatoms. The van der Waals surface area contributed by atoms with E-state index >= 15 is 0 Å². The number of amides is 5. The zero-order valence-electron chi connectivity index (χ0n) is 27.1. The van der Waals surface area contributed by atoms with E-state index in [-0.39, 0.29) is 36.6 Å². The maximum Gasteiger partial charge on any atom is 0.323 e. The van der Waals surface area contributed by atoms with E-state index in [1.54, 1.807) is 42.0 Å². The Morgan fingerprint density at radius 3 is 2.12 bits per heavy atom. The molecule has 0 saturated carbocycles. The molecule has 0 saturated heterocycles. The van der Waals surface area contributed by atoms with Crippen LogP contribution < -0.4 is 20.7 Å². The normalized spacial score (nSPS) is 16.7. The molecular formula is C38H39N5O5. The summed E-state index contributed by atoms with van der Waals surface area (Å²) in [5.41, 5.74) is 2.01. The molecule has 0 spiro atoms. The number of urea groups is 2. The molecule has 48 heavy (non-hydrogen) atoms. The first-order valence-electron chi connectivity index (χ1n) is 16.0. The number of nitrogens with one attached hydrogen (secondary N) is 3. The lowest BCUT2D eigenvalue weighted by atomic mass is 9.99. The van der Waals surface area contributed by atoms with Crippen LogP contribution >= 0.6 is 0 Å². The highest BCUT2D eigenvalue weighted by Crippen LogP contribution is 2.31. The molecule has 0 unspecified atom stereocenters. The number of aliphatic hydroxyl groups is 1.